The van der Waals surface area contributed by atoms with E-state index in [0.29, 0.717) is 17.4 Å². The van der Waals surface area contributed by atoms with Gasteiger partial charge in [0.05, 0.1) is 40.3 Å². The maximum absolute atomic E-state index is 12.9. The minimum atomic E-state index is -1.64. The number of ether oxygens (including phenoxy) is 4. The first-order valence-corrected chi connectivity index (χ1v) is 31.6. The normalized spacial score (nSPS) is 13.8. The van der Waals surface area contributed by atoms with E-state index in [-0.39, 0.29) is 38.6 Å². The van der Waals surface area contributed by atoms with E-state index in [9.17, 15) is 19.5 Å². The minimum Gasteiger partial charge on any atom is -0.545 e. The van der Waals surface area contributed by atoms with Crippen LogP contribution in [0.2, 0.25) is 0 Å². The van der Waals surface area contributed by atoms with Crippen LogP contribution in [-0.4, -0.2) is 82.3 Å². The molecule has 0 aromatic rings. The molecule has 0 amide bonds. The Kier molecular flexibility index (Phi) is 57.2. The maximum Gasteiger partial charge on any atom is 0.306 e. The molecule has 0 heterocycles. The van der Waals surface area contributed by atoms with Crippen molar-refractivity contribution in [3.63, 3.8) is 0 Å². The number of quaternary nitrogens is 1. The van der Waals surface area contributed by atoms with Crippen LogP contribution >= 0.6 is 0 Å². The fourth-order valence-electron chi connectivity index (χ4n) is 7.99. The number of nitrogens with zero attached hydrogens (tertiary/aromatic N) is 1. The van der Waals surface area contributed by atoms with Crippen molar-refractivity contribution in [3.8, 4) is 0 Å². The number of likely N-dealkylation sites (N-methyl/N-ethyl adjacent to an activating group) is 1. The van der Waals surface area contributed by atoms with Gasteiger partial charge in [-0.1, -0.05) is 242 Å². The standard InChI is InChI=1S/C72H115NO8/c1-6-8-10-12-14-16-18-20-22-24-26-28-30-32-33-34-35-36-37-39-41-43-45-47-49-51-53-55-57-59-61-63-70(75)81-68(67-80-72(71(76)77)78-65-64-73(3,4)5)66-79-69(74)62-60-58-56-54-52-50-48-46-44-42-40-38-31-29-27-25-23-21-19-17-15-13-11-9-7-2/h8-11,14-17,20-23,26-29,32-33,35-36,38-41,45,47,68,72H,6-7,12-13,18-19,24-25,30-31,34,37,42-44,46,48-67H2,1-5H3/b10-8-,11-9-,16-14-,17-15-,22-20-,23-21-,28-26-,29-27-,33-32-,36-35-,40-38-,41-39-,47-45-. The SMILES string of the molecule is CC/C=C\C/C=C\C/C=C\C/C=C\C/C=C\C/C=C\C/C=C\C/C=C\CCCCCCCCC(=O)OC(COC(=O)CCCCCCCCCCC/C=C\C/C=C\C/C=C\C/C=C\C/C=C\CC)COC(OCC[N+](C)(C)C)C(=O)[O-]. The van der Waals surface area contributed by atoms with E-state index in [1.165, 1.54) is 32.1 Å². The number of carbonyl (C=O) groups is 3. The second kappa shape index (κ2) is 61.0. The first-order chi connectivity index (χ1) is 39.6. The van der Waals surface area contributed by atoms with Crippen LogP contribution in [0.4, 0.5) is 0 Å². The quantitative estimate of drug-likeness (QED) is 0.0195. The molecule has 9 heteroatoms. The first-order valence-electron chi connectivity index (χ1n) is 31.6. The number of hydrogen-bond acceptors (Lipinski definition) is 8. The molecule has 9 nitrogen and oxygen atoms in total. The van der Waals surface area contributed by atoms with Gasteiger partial charge < -0.3 is 33.3 Å². The number of hydrogen-bond donors (Lipinski definition) is 0. The average Bonchev–Trinajstić information content (AvgIpc) is 3.44. The van der Waals surface area contributed by atoms with Gasteiger partial charge in [-0.25, -0.2) is 0 Å². The lowest BCUT2D eigenvalue weighted by atomic mass is 10.1. The van der Waals surface area contributed by atoms with Crippen LogP contribution in [0.1, 0.15) is 219 Å². The van der Waals surface area contributed by atoms with Crippen molar-refractivity contribution in [1.82, 2.24) is 0 Å². The predicted octanol–water partition coefficient (Wildman–Crippen LogP) is 18.0. The molecule has 2 atom stereocenters. The number of allylic oxidation sites excluding steroid dienone is 26. The molecular formula is C72H115NO8. The van der Waals surface area contributed by atoms with E-state index < -0.39 is 24.3 Å². The Morgan fingerprint density at radius 2 is 0.667 bits per heavy atom. The zero-order chi connectivity index (χ0) is 59.1. The lowest BCUT2D eigenvalue weighted by molar-refractivity contribution is -0.870. The van der Waals surface area contributed by atoms with Crippen LogP contribution in [0.3, 0.4) is 0 Å². The zero-order valence-electron chi connectivity index (χ0n) is 51.8. The fourth-order valence-corrected chi connectivity index (χ4v) is 7.99. The van der Waals surface area contributed by atoms with Crippen molar-refractivity contribution in [1.29, 1.82) is 0 Å². The molecule has 0 radical (unpaired) electrons. The molecular weight excluding hydrogens is 1010 g/mol. The van der Waals surface area contributed by atoms with Crippen LogP contribution in [0.15, 0.2) is 158 Å². The fraction of sp³-hybridized carbons (Fsp3) is 0.597. The minimum absolute atomic E-state index is 0.134. The van der Waals surface area contributed by atoms with E-state index in [1.54, 1.807) is 0 Å². The number of esters is 2. The average molecular weight is 1120 g/mol. The topological polar surface area (TPSA) is 111 Å². The van der Waals surface area contributed by atoms with E-state index in [0.717, 1.165) is 154 Å². The summed E-state index contributed by atoms with van der Waals surface area (Å²) in [6.45, 7) is 4.47. The second-order valence-electron chi connectivity index (χ2n) is 21.6. The number of carbonyl (C=O) groups excluding carboxylic acids is 3. The smallest absolute Gasteiger partial charge is 0.306 e. The number of carboxylic acid groups (broad SMARTS) is 1. The Morgan fingerprint density at radius 3 is 0.988 bits per heavy atom. The molecule has 0 aliphatic carbocycles. The van der Waals surface area contributed by atoms with Crippen molar-refractivity contribution < 1.29 is 42.9 Å². The molecule has 0 aromatic heterocycles. The third-order valence-electron chi connectivity index (χ3n) is 12.8. The highest BCUT2D eigenvalue weighted by Gasteiger charge is 2.22. The number of unbranched alkanes of at least 4 members (excludes halogenated alkanes) is 15. The predicted molar refractivity (Wildman–Crippen MR) is 342 cm³/mol. The number of aliphatic carboxylic acids is 1. The summed E-state index contributed by atoms with van der Waals surface area (Å²) >= 11 is 0. The van der Waals surface area contributed by atoms with E-state index in [4.69, 9.17) is 18.9 Å². The van der Waals surface area contributed by atoms with Gasteiger partial charge in [0, 0.05) is 12.8 Å². The third kappa shape index (κ3) is 62.4. The molecule has 0 aliphatic heterocycles. The summed E-state index contributed by atoms with van der Waals surface area (Å²) in [7, 11) is 5.90. The van der Waals surface area contributed by atoms with Crippen LogP contribution in [0, 0.1) is 0 Å². The molecule has 0 N–H and O–H groups in total. The van der Waals surface area contributed by atoms with Gasteiger partial charge in [0.15, 0.2) is 12.4 Å². The summed E-state index contributed by atoms with van der Waals surface area (Å²) in [4.78, 5) is 37.4. The Bertz CT molecular complexity index is 1880. The Labute approximate surface area is 495 Å². The summed E-state index contributed by atoms with van der Waals surface area (Å²) in [5.41, 5.74) is 0. The maximum atomic E-state index is 12.9. The summed E-state index contributed by atoms with van der Waals surface area (Å²) in [6.07, 6.45) is 87.2. The van der Waals surface area contributed by atoms with E-state index in [1.807, 2.05) is 21.1 Å². The molecule has 456 valence electrons. The summed E-state index contributed by atoms with van der Waals surface area (Å²) < 4.78 is 22.7. The molecule has 0 aromatic carbocycles. The second-order valence-corrected chi connectivity index (χ2v) is 21.6. The van der Waals surface area contributed by atoms with Gasteiger partial charge in [0.2, 0.25) is 0 Å². The van der Waals surface area contributed by atoms with Gasteiger partial charge in [0.1, 0.15) is 13.2 Å². The highest BCUT2D eigenvalue weighted by atomic mass is 16.7. The Hall–Kier alpha value is -5.09. The lowest BCUT2D eigenvalue weighted by Crippen LogP contribution is -2.44. The van der Waals surface area contributed by atoms with Crippen LogP contribution in [0.25, 0.3) is 0 Å². The van der Waals surface area contributed by atoms with Crippen molar-refractivity contribution >= 4 is 17.9 Å². The van der Waals surface area contributed by atoms with E-state index >= 15 is 0 Å². The van der Waals surface area contributed by atoms with Crippen LogP contribution in [0.5, 0.6) is 0 Å². The van der Waals surface area contributed by atoms with Crippen LogP contribution in [-0.2, 0) is 33.3 Å². The third-order valence-corrected chi connectivity index (χ3v) is 12.8. The zero-order valence-corrected chi connectivity index (χ0v) is 51.8. The monoisotopic (exact) mass is 1120 g/mol. The molecule has 0 aliphatic rings. The number of rotatable bonds is 56. The largest absolute Gasteiger partial charge is 0.545 e. The molecule has 0 spiro atoms. The van der Waals surface area contributed by atoms with Gasteiger partial charge in [-0.3, -0.25) is 9.59 Å². The molecule has 0 saturated carbocycles. The number of carboxylic acids is 1. The molecule has 0 saturated heterocycles. The highest BCUT2D eigenvalue weighted by molar-refractivity contribution is 5.70. The Morgan fingerprint density at radius 1 is 0.370 bits per heavy atom. The van der Waals surface area contributed by atoms with Crippen LogP contribution < -0.4 is 5.11 Å². The summed E-state index contributed by atoms with van der Waals surface area (Å²) in [5.74, 6) is -2.33. The summed E-state index contributed by atoms with van der Waals surface area (Å²) in [6, 6.07) is 0. The van der Waals surface area contributed by atoms with Gasteiger partial charge >= 0.3 is 11.9 Å². The Balaban J connectivity index is 4.30. The van der Waals surface area contributed by atoms with E-state index in [2.05, 4.69) is 172 Å². The molecule has 0 bridgehead atoms. The van der Waals surface area contributed by atoms with Gasteiger partial charge in [-0.2, -0.15) is 0 Å². The van der Waals surface area contributed by atoms with Crippen molar-refractivity contribution in [2.75, 3.05) is 47.5 Å². The molecule has 0 fully saturated rings. The van der Waals surface area contributed by atoms with Crippen molar-refractivity contribution in [2.24, 2.45) is 0 Å². The van der Waals surface area contributed by atoms with Gasteiger partial charge in [-0.05, 0) is 122 Å². The molecule has 2 unspecified atom stereocenters. The molecule has 81 heavy (non-hydrogen) atoms. The van der Waals surface area contributed by atoms with Crippen molar-refractivity contribution in [3.05, 3.63) is 158 Å². The first kappa shape index (κ1) is 75.9. The van der Waals surface area contributed by atoms with Gasteiger partial charge in [0.25, 0.3) is 0 Å². The van der Waals surface area contributed by atoms with Crippen molar-refractivity contribution in [2.45, 2.75) is 232 Å². The summed E-state index contributed by atoms with van der Waals surface area (Å²) in [5, 5.41) is 11.8. The van der Waals surface area contributed by atoms with Gasteiger partial charge in [-0.15, -0.1) is 0 Å². The highest BCUT2D eigenvalue weighted by Crippen LogP contribution is 2.14. The lowest BCUT2D eigenvalue weighted by Gasteiger charge is -2.26. The molecule has 0 rings (SSSR count).